The van der Waals surface area contributed by atoms with Crippen LogP contribution in [0.25, 0.3) is 11.3 Å². The molecule has 5 aromatic rings. The van der Waals surface area contributed by atoms with E-state index in [1.54, 1.807) is 0 Å². The van der Waals surface area contributed by atoms with Crippen LogP contribution in [0.15, 0.2) is 134 Å². The molecular weight excluding hydrogens is 392 g/mol. The van der Waals surface area contributed by atoms with Crippen LogP contribution in [0.5, 0.6) is 0 Å². The fourth-order valence-electron chi connectivity index (χ4n) is 4.31. The van der Waals surface area contributed by atoms with Gasteiger partial charge in [0.2, 0.25) is 8.07 Å². The zero-order valence-corrected chi connectivity index (χ0v) is 18.1. The smallest absolute Gasteiger partial charge is 0.201 e. The first kappa shape index (κ1) is 19.2. The fraction of sp³-hybridized carbons (Fsp3) is 0. The molecule has 3 aromatic carbocycles. The summed E-state index contributed by atoms with van der Waals surface area (Å²) in [6.07, 6.45) is 3.79. The first-order chi connectivity index (χ1) is 15.4. The highest BCUT2D eigenvalue weighted by atomic mass is 28.3. The molecule has 0 aliphatic rings. The molecule has 148 valence electrons. The van der Waals surface area contributed by atoms with Crippen LogP contribution in [-0.4, -0.2) is 18.0 Å². The second kappa shape index (κ2) is 8.50. The SMILES string of the molecule is c1ccc([Si](c2ccccc2)(c2ccccc2)c2ccc(-c3ccccn3)cn2)cc1. The average molecular weight is 415 g/mol. The molecule has 3 heteroatoms. The lowest BCUT2D eigenvalue weighted by Crippen LogP contribution is -2.75. The predicted molar refractivity (Wildman–Crippen MR) is 131 cm³/mol. The number of hydrogen-bond acceptors (Lipinski definition) is 2. The van der Waals surface area contributed by atoms with Crippen LogP contribution in [0.3, 0.4) is 0 Å². The third-order valence-corrected chi connectivity index (χ3v) is 10.4. The van der Waals surface area contributed by atoms with E-state index in [0.29, 0.717) is 0 Å². The molecular formula is C28H22N2Si. The van der Waals surface area contributed by atoms with Crippen molar-refractivity contribution in [2.45, 2.75) is 0 Å². The Kier molecular flexibility index (Phi) is 5.25. The minimum Gasteiger partial charge on any atom is -0.264 e. The Balaban J connectivity index is 1.78. The van der Waals surface area contributed by atoms with E-state index in [4.69, 9.17) is 4.98 Å². The molecule has 2 aromatic heterocycles. The van der Waals surface area contributed by atoms with E-state index in [9.17, 15) is 0 Å². The quantitative estimate of drug-likeness (QED) is 0.325. The number of hydrogen-bond donors (Lipinski definition) is 0. The van der Waals surface area contributed by atoms with Crippen molar-refractivity contribution in [3.05, 3.63) is 134 Å². The lowest BCUT2D eigenvalue weighted by atomic mass is 10.2. The first-order valence-corrected chi connectivity index (χ1v) is 12.4. The van der Waals surface area contributed by atoms with Crippen LogP contribution < -0.4 is 20.9 Å². The van der Waals surface area contributed by atoms with Crippen molar-refractivity contribution in [1.82, 2.24) is 9.97 Å². The Morgan fingerprint density at radius 1 is 0.452 bits per heavy atom. The van der Waals surface area contributed by atoms with E-state index < -0.39 is 8.07 Å². The maximum atomic E-state index is 5.08. The summed E-state index contributed by atoms with van der Waals surface area (Å²) in [4.78, 5) is 9.57. The minimum atomic E-state index is -2.56. The van der Waals surface area contributed by atoms with Gasteiger partial charge >= 0.3 is 0 Å². The van der Waals surface area contributed by atoms with Gasteiger partial charge < -0.3 is 0 Å². The molecule has 0 unspecified atom stereocenters. The number of benzene rings is 3. The third-order valence-electron chi connectivity index (χ3n) is 5.73. The molecule has 31 heavy (non-hydrogen) atoms. The predicted octanol–water partition coefficient (Wildman–Crippen LogP) is 3.52. The second-order valence-electron chi connectivity index (χ2n) is 7.50. The molecule has 0 saturated carbocycles. The zero-order chi connectivity index (χ0) is 20.9. The van der Waals surface area contributed by atoms with Crippen LogP contribution in [-0.2, 0) is 0 Å². The second-order valence-corrected chi connectivity index (χ2v) is 11.2. The molecule has 0 bridgehead atoms. The Hall–Kier alpha value is -3.82. The molecule has 0 fully saturated rings. The van der Waals surface area contributed by atoms with Crippen LogP contribution >= 0.6 is 0 Å². The molecule has 0 aliphatic heterocycles. The maximum Gasteiger partial charge on any atom is 0.201 e. The van der Waals surface area contributed by atoms with E-state index in [1.165, 1.54) is 15.6 Å². The Labute approximate surface area is 183 Å². The topological polar surface area (TPSA) is 25.8 Å². The zero-order valence-electron chi connectivity index (χ0n) is 17.1. The molecule has 5 rings (SSSR count). The molecule has 0 saturated heterocycles. The van der Waals surface area contributed by atoms with Gasteiger partial charge in [0.15, 0.2) is 0 Å². The van der Waals surface area contributed by atoms with Crippen molar-refractivity contribution in [3.63, 3.8) is 0 Å². The van der Waals surface area contributed by atoms with E-state index in [2.05, 4.69) is 108 Å². The van der Waals surface area contributed by atoms with E-state index in [-0.39, 0.29) is 0 Å². The summed E-state index contributed by atoms with van der Waals surface area (Å²) >= 11 is 0. The minimum absolute atomic E-state index is 0.938. The molecule has 2 heterocycles. The van der Waals surface area contributed by atoms with E-state index in [1.807, 2.05) is 30.6 Å². The van der Waals surface area contributed by atoms with Crippen LogP contribution in [0.2, 0.25) is 0 Å². The number of rotatable bonds is 5. The molecule has 0 amide bonds. The van der Waals surface area contributed by atoms with Gasteiger partial charge in [0.25, 0.3) is 0 Å². The summed E-state index contributed by atoms with van der Waals surface area (Å²) in [7, 11) is -2.56. The van der Waals surface area contributed by atoms with Gasteiger partial charge in [0, 0.05) is 23.3 Å². The van der Waals surface area contributed by atoms with Gasteiger partial charge in [0.1, 0.15) is 0 Å². The van der Waals surface area contributed by atoms with Crippen molar-refractivity contribution >= 4 is 29.0 Å². The normalized spacial score (nSPS) is 11.2. The maximum absolute atomic E-state index is 5.08. The summed E-state index contributed by atoms with van der Waals surface area (Å²) in [6.45, 7) is 0. The molecule has 0 radical (unpaired) electrons. The summed E-state index contributed by atoms with van der Waals surface area (Å²) in [6, 6.07) is 42.8. The van der Waals surface area contributed by atoms with Gasteiger partial charge in [-0.25, -0.2) is 0 Å². The van der Waals surface area contributed by atoms with Crippen LogP contribution in [0.4, 0.5) is 0 Å². The van der Waals surface area contributed by atoms with Gasteiger partial charge in [-0.2, -0.15) is 0 Å². The Morgan fingerprint density at radius 2 is 0.968 bits per heavy atom. The van der Waals surface area contributed by atoms with Crippen molar-refractivity contribution in [2.75, 3.05) is 0 Å². The van der Waals surface area contributed by atoms with E-state index in [0.717, 1.165) is 16.6 Å². The lowest BCUT2D eigenvalue weighted by molar-refractivity contribution is 1.29. The molecule has 2 nitrogen and oxygen atoms in total. The van der Waals surface area contributed by atoms with Crippen LogP contribution in [0, 0.1) is 0 Å². The molecule has 0 atom stereocenters. The summed E-state index contributed by atoms with van der Waals surface area (Å²) < 4.78 is 0. The average Bonchev–Trinajstić information content (AvgIpc) is 2.88. The van der Waals surface area contributed by atoms with Gasteiger partial charge in [0.05, 0.1) is 5.69 Å². The highest BCUT2D eigenvalue weighted by Gasteiger charge is 2.42. The summed E-state index contributed by atoms with van der Waals surface area (Å²) in [5.74, 6) is 0. The molecule has 0 aliphatic carbocycles. The Morgan fingerprint density at radius 3 is 1.39 bits per heavy atom. The highest BCUT2D eigenvalue weighted by molar-refractivity contribution is 7.19. The fourth-order valence-corrected chi connectivity index (χ4v) is 8.87. The monoisotopic (exact) mass is 414 g/mol. The van der Waals surface area contributed by atoms with Crippen molar-refractivity contribution < 1.29 is 0 Å². The van der Waals surface area contributed by atoms with E-state index >= 15 is 0 Å². The van der Waals surface area contributed by atoms with Crippen molar-refractivity contribution in [3.8, 4) is 11.3 Å². The van der Waals surface area contributed by atoms with Gasteiger partial charge in [-0.3, -0.25) is 9.97 Å². The summed E-state index contributed by atoms with van der Waals surface area (Å²) in [5, 5.41) is 5.09. The largest absolute Gasteiger partial charge is 0.264 e. The van der Waals surface area contributed by atoms with Crippen molar-refractivity contribution in [1.29, 1.82) is 0 Å². The standard InChI is InChI=1S/C28H22N2Si/c1-4-12-24(13-5-1)31(25-14-6-2-7-15-25,26-16-8-3-9-17-26)28-20-19-23(22-30-28)27-18-10-11-21-29-27/h1-22H. The summed E-state index contributed by atoms with van der Waals surface area (Å²) in [5.41, 5.74) is 1.97. The van der Waals surface area contributed by atoms with Gasteiger partial charge in [-0.05, 0) is 39.8 Å². The van der Waals surface area contributed by atoms with Gasteiger partial charge in [-0.1, -0.05) is 97.1 Å². The number of aromatic nitrogens is 2. The Bertz CT molecular complexity index is 1140. The lowest BCUT2D eigenvalue weighted by Gasteiger charge is -2.33. The molecule has 0 spiro atoms. The first-order valence-electron chi connectivity index (χ1n) is 10.4. The van der Waals surface area contributed by atoms with Crippen LogP contribution in [0.1, 0.15) is 0 Å². The highest BCUT2D eigenvalue weighted by Crippen LogP contribution is 2.15. The number of nitrogens with zero attached hydrogens (tertiary/aromatic N) is 2. The molecule has 0 N–H and O–H groups in total. The van der Waals surface area contributed by atoms with Gasteiger partial charge in [-0.15, -0.1) is 0 Å². The number of pyridine rings is 2. The van der Waals surface area contributed by atoms with Crippen molar-refractivity contribution in [2.24, 2.45) is 0 Å². The third kappa shape index (κ3) is 3.49.